The van der Waals surface area contributed by atoms with Crippen molar-refractivity contribution < 1.29 is 14.7 Å². The summed E-state index contributed by atoms with van der Waals surface area (Å²) in [5, 5.41) is 8.76. The first-order chi connectivity index (χ1) is 5.66. The number of hydrogen-bond acceptors (Lipinski definition) is 2. The molecule has 1 aliphatic carbocycles. The van der Waals surface area contributed by atoms with Crippen LogP contribution in [-0.4, -0.2) is 17.0 Å². The second kappa shape index (κ2) is 3.39. The van der Waals surface area contributed by atoms with Gasteiger partial charge < -0.3 is 5.11 Å². The van der Waals surface area contributed by atoms with Crippen molar-refractivity contribution in [2.24, 2.45) is 5.92 Å². The van der Waals surface area contributed by atoms with Gasteiger partial charge >= 0.3 is 5.97 Å². The Bertz CT molecular complexity index is 321. The number of carbonyl (C=O) groups is 1. The lowest BCUT2D eigenvalue weighted by atomic mass is 9.96. The van der Waals surface area contributed by atoms with Gasteiger partial charge in [-0.3, -0.25) is 4.79 Å². The fraction of sp³-hybridized carbons (Fsp3) is 0.125. The Morgan fingerprint density at radius 3 is 2.75 bits per heavy atom. The molecule has 0 aromatic rings. The van der Waals surface area contributed by atoms with Crippen molar-refractivity contribution in [3.8, 4) is 0 Å². The maximum absolute atomic E-state index is 10.5. The van der Waals surface area contributed by atoms with Crippen molar-refractivity contribution in [1.29, 1.82) is 0 Å². The lowest BCUT2D eigenvalue weighted by Gasteiger charge is -2.10. The van der Waals surface area contributed by atoms with E-state index in [-0.39, 0.29) is 10.6 Å². The van der Waals surface area contributed by atoms with Crippen molar-refractivity contribution in [3.05, 3.63) is 28.8 Å². The van der Waals surface area contributed by atoms with Crippen molar-refractivity contribution in [3.63, 3.8) is 0 Å². The molecule has 0 aromatic heterocycles. The maximum atomic E-state index is 10.5. The van der Waals surface area contributed by atoms with Gasteiger partial charge in [0, 0.05) is 0 Å². The molecule has 0 aliphatic heterocycles. The number of halogens is 1. The van der Waals surface area contributed by atoms with E-state index in [9.17, 15) is 9.59 Å². The standard InChI is InChI=1S/C8H5ClO3/c9-7-3-1-2-5(8(11)12)6(7)4-10/h1-3,5H,(H,11,12). The van der Waals surface area contributed by atoms with Crippen LogP contribution >= 0.6 is 11.6 Å². The summed E-state index contributed by atoms with van der Waals surface area (Å²) in [5.41, 5.74) is -0.0216. The first-order valence-corrected chi connectivity index (χ1v) is 3.56. The van der Waals surface area contributed by atoms with E-state index in [1.165, 1.54) is 24.2 Å². The SMILES string of the molecule is O=C=C1C(Cl)=CC=CC1C(=O)O. The first-order valence-electron chi connectivity index (χ1n) is 3.19. The van der Waals surface area contributed by atoms with E-state index in [1.807, 2.05) is 0 Å². The third-order valence-corrected chi connectivity index (χ3v) is 1.82. The fourth-order valence-electron chi connectivity index (χ4n) is 0.904. The zero-order valence-electron chi connectivity index (χ0n) is 5.95. The number of carboxylic acid groups (broad SMARTS) is 1. The molecular formula is C8H5ClO3. The molecule has 3 nitrogen and oxygen atoms in total. The normalized spacial score (nSPS) is 21.6. The highest BCUT2D eigenvalue weighted by atomic mass is 35.5. The quantitative estimate of drug-likeness (QED) is 0.622. The molecule has 1 rings (SSSR count). The van der Waals surface area contributed by atoms with Crippen LogP contribution in [-0.2, 0) is 9.59 Å². The van der Waals surface area contributed by atoms with Gasteiger partial charge in [-0.25, -0.2) is 4.79 Å². The van der Waals surface area contributed by atoms with Crippen LogP contribution in [0.3, 0.4) is 0 Å². The summed E-state index contributed by atoms with van der Waals surface area (Å²) < 4.78 is 0. The van der Waals surface area contributed by atoms with Gasteiger partial charge in [0.25, 0.3) is 0 Å². The average molecular weight is 185 g/mol. The summed E-state index contributed by atoms with van der Waals surface area (Å²) in [5.74, 6) is -0.540. The highest BCUT2D eigenvalue weighted by Gasteiger charge is 2.24. The van der Waals surface area contributed by atoms with Gasteiger partial charge in [0.2, 0.25) is 0 Å². The van der Waals surface area contributed by atoms with Gasteiger partial charge in [-0.2, -0.15) is 0 Å². The van der Waals surface area contributed by atoms with E-state index in [2.05, 4.69) is 0 Å². The van der Waals surface area contributed by atoms with Crippen LogP contribution in [0.4, 0.5) is 0 Å². The third-order valence-electron chi connectivity index (χ3n) is 1.49. The Labute approximate surface area is 73.6 Å². The van der Waals surface area contributed by atoms with E-state index in [1.54, 1.807) is 0 Å². The minimum Gasteiger partial charge on any atom is -0.481 e. The highest BCUT2D eigenvalue weighted by Crippen LogP contribution is 2.25. The summed E-state index contributed by atoms with van der Waals surface area (Å²) in [6, 6.07) is 0. The van der Waals surface area contributed by atoms with Gasteiger partial charge in [-0.1, -0.05) is 23.8 Å². The van der Waals surface area contributed by atoms with Gasteiger partial charge in [-0.15, -0.1) is 0 Å². The molecule has 0 spiro atoms. The number of carboxylic acids is 1. The molecule has 62 valence electrons. The Morgan fingerprint density at radius 1 is 1.67 bits per heavy atom. The molecule has 0 fully saturated rings. The van der Waals surface area contributed by atoms with Crippen LogP contribution in [0.5, 0.6) is 0 Å². The zero-order chi connectivity index (χ0) is 9.14. The molecule has 0 saturated carbocycles. The summed E-state index contributed by atoms with van der Waals surface area (Å²) in [4.78, 5) is 20.8. The Hall–Kier alpha value is -1.31. The van der Waals surface area contributed by atoms with E-state index >= 15 is 0 Å². The number of carbonyl (C=O) groups excluding carboxylic acids is 1. The lowest BCUT2D eigenvalue weighted by molar-refractivity contribution is -0.138. The number of aliphatic carboxylic acids is 1. The van der Waals surface area contributed by atoms with E-state index in [0.29, 0.717) is 0 Å². The van der Waals surface area contributed by atoms with Crippen LogP contribution in [0.25, 0.3) is 0 Å². The van der Waals surface area contributed by atoms with Crippen molar-refractivity contribution in [1.82, 2.24) is 0 Å². The van der Waals surface area contributed by atoms with Crippen molar-refractivity contribution >= 4 is 23.5 Å². The Morgan fingerprint density at radius 2 is 2.33 bits per heavy atom. The Kier molecular flexibility index (Phi) is 2.48. The second-order valence-electron chi connectivity index (χ2n) is 2.23. The van der Waals surface area contributed by atoms with Gasteiger partial charge in [0.05, 0.1) is 10.6 Å². The number of allylic oxidation sites excluding steroid dienone is 3. The predicted molar refractivity (Wildman–Crippen MR) is 43.4 cm³/mol. The van der Waals surface area contributed by atoms with Crippen LogP contribution in [0.15, 0.2) is 28.8 Å². The van der Waals surface area contributed by atoms with Gasteiger partial charge in [0.1, 0.15) is 11.9 Å². The predicted octanol–water partition coefficient (Wildman–Crippen LogP) is 1.14. The molecule has 0 aromatic carbocycles. The molecule has 0 saturated heterocycles. The first kappa shape index (κ1) is 8.78. The monoisotopic (exact) mass is 184 g/mol. The molecule has 0 bridgehead atoms. The maximum Gasteiger partial charge on any atom is 0.315 e. The summed E-state index contributed by atoms with van der Waals surface area (Å²) in [6.07, 6.45) is 4.34. The van der Waals surface area contributed by atoms with E-state index in [0.717, 1.165) is 0 Å². The summed E-state index contributed by atoms with van der Waals surface area (Å²) >= 11 is 5.57. The van der Waals surface area contributed by atoms with E-state index < -0.39 is 11.9 Å². The molecule has 12 heavy (non-hydrogen) atoms. The zero-order valence-corrected chi connectivity index (χ0v) is 6.71. The topological polar surface area (TPSA) is 54.4 Å². The molecule has 0 amide bonds. The van der Waals surface area contributed by atoms with Crippen molar-refractivity contribution in [2.45, 2.75) is 0 Å². The largest absolute Gasteiger partial charge is 0.481 e. The van der Waals surface area contributed by atoms with Crippen LogP contribution in [0.2, 0.25) is 0 Å². The van der Waals surface area contributed by atoms with Crippen LogP contribution < -0.4 is 0 Å². The van der Waals surface area contributed by atoms with Crippen LogP contribution in [0, 0.1) is 5.92 Å². The molecule has 1 aliphatic rings. The lowest BCUT2D eigenvalue weighted by Crippen LogP contribution is -2.16. The fourth-order valence-corrected chi connectivity index (χ4v) is 1.13. The molecule has 4 heteroatoms. The van der Waals surface area contributed by atoms with E-state index in [4.69, 9.17) is 16.7 Å². The third kappa shape index (κ3) is 1.47. The number of hydrogen-bond donors (Lipinski definition) is 1. The Balaban J connectivity index is 3.09. The number of rotatable bonds is 1. The minimum absolute atomic E-state index is 0.0216. The molecule has 1 atom stereocenters. The average Bonchev–Trinajstić information content (AvgIpc) is 2.03. The van der Waals surface area contributed by atoms with Crippen molar-refractivity contribution in [2.75, 3.05) is 0 Å². The summed E-state index contributed by atoms with van der Waals surface area (Å²) in [6.45, 7) is 0. The summed E-state index contributed by atoms with van der Waals surface area (Å²) in [7, 11) is 0. The minimum atomic E-state index is -1.10. The molecular weight excluding hydrogens is 180 g/mol. The highest BCUT2D eigenvalue weighted by molar-refractivity contribution is 6.33. The van der Waals surface area contributed by atoms with Crippen LogP contribution in [0.1, 0.15) is 0 Å². The molecule has 0 radical (unpaired) electrons. The second-order valence-corrected chi connectivity index (χ2v) is 2.64. The molecule has 0 heterocycles. The van der Waals surface area contributed by atoms with Gasteiger partial charge in [-0.05, 0) is 6.08 Å². The molecule has 1 N–H and O–H groups in total. The smallest absolute Gasteiger partial charge is 0.315 e. The van der Waals surface area contributed by atoms with Gasteiger partial charge in [0.15, 0.2) is 0 Å². The molecule has 1 unspecified atom stereocenters.